The molecule has 1 aliphatic heterocycles. The molecule has 0 fully saturated rings. The molecule has 0 radical (unpaired) electrons. The van der Waals surface area contributed by atoms with E-state index in [1.807, 2.05) is 6.07 Å². The maximum atomic E-state index is 13.2. The van der Waals surface area contributed by atoms with Gasteiger partial charge in [-0.3, -0.25) is 9.69 Å². The topological polar surface area (TPSA) is 41.9 Å². The van der Waals surface area contributed by atoms with Crippen molar-refractivity contribution in [1.82, 2.24) is 0 Å². The quantitative estimate of drug-likeness (QED) is 0.518. The molecule has 0 saturated heterocycles. The van der Waals surface area contributed by atoms with Crippen LogP contribution in [0, 0.1) is 0 Å². The van der Waals surface area contributed by atoms with E-state index in [9.17, 15) is 18.0 Å². The first-order chi connectivity index (χ1) is 14.9. The van der Waals surface area contributed by atoms with E-state index in [2.05, 4.69) is 4.99 Å². The molecular weight excluding hydrogens is 405 g/mol. The Labute approximate surface area is 176 Å². The van der Waals surface area contributed by atoms with E-state index in [0.717, 1.165) is 12.1 Å². The van der Waals surface area contributed by atoms with Crippen LogP contribution in [0.3, 0.4) is 0 Å². The molecule has 1 amide bonds. The van der Waals surface area contributed by atoms with Crippen LogP contribution in [-0.4, -0.2) is 18.9 Å². The molecule has 0 unspecified atom stereocenters. The minimum absolute atomic E-state index is 0.0977. The van der Waals surface area contributed by atoms with Gasteiger partial charge in [-0.2, -0.15) is 13.2 Å². The summed E-state index contributed by atoms with van der Waals surface area (Å²) in [7, 11) is 1.55. The molecule has 4 nitrogen and oxygen atoms in total. The number of benzene rings is 3. The number of ether oxygens (including phenoxy) is 1. The fourth-order valence-electron chi connectivity index (χ4n) is 3.22. The van der Waals surface area contributed by atoms with Crippen molar-refractivity contribution in [2.24, 2.45) is 4.99 Å². The smallest absolute Gasteiger partial charge is 0.416 e. The zero-order valence-corrected chi connectivity index (χ0v) is 16.4. The Morgan fingerprint density at radius 1 is 0.935 bits per heavy atom. The molecule has 0 saturated carbocycles. The van der Waals surface area contributed by atoms with Crippen LogP contribution in [0.1, 0.15) is 16.7 Å². The third kappa shape index (κ3) is 4.21. The van der Waals surface area contributed by atoms with Crippen molar-refractivity contribution in [3.8, 4) is 5.75 Å². The normalized spacial score (nSPS) is 15.4. The van der Waals surface area contributed by atoms with Crippen LogP contribution >= 0.6 is 0 Å². The molecule has 31 heavy (non-hydrogen) atoms. The molecular formula is C24H17F3N2O2. The van der Waals surface area contributed by atoms with Crippen LogP contribution < -0.4 is 9.64 Å². The minimum atomic E-state index is -4.52. The molecule has 156 valence electrons. The Balaban J connectivity index is 1.80. The zero-order valence-electron chi connectivity index (χ0n) is 16.4. The lowest BCUT2D eigenvalue weighted by atomic mass is 10.1. The lowest BCUT2D eigenvalue weighted by Gasteiger charge is -2.20. The Kier molecular flexibility index (Phi) is 5.33. The second-order valence-corrected chi connectivity index (χ2v) is 6.79. The van der Waals surface area contributed by atoms with E-state index in [1.54, 1.807) is 61.7 Å². The summed E-state index contributed by atoms with van der Waals surface area (Å²) in [6, 6.07) is 20.6. The Bertz CT molecular complexity index is 1170. The van der Waals surface area contributed by atoms with Gasteiger partial charge in [-0.25, -0.2) is 4.99 Å². The number of nitrogens with zero attached hydrogens (tertiary/aromatic N) is 2. The monoisotopic (exact) mass is 422 g/mol. The first kappa shape index (κ1) is 20.4. The standard InChI is InChI=1S/C24H17F3N2O2/c1-31-20-12-10-16(11-13-20)14-21-23(30)29(22(28-21)17-6-3-2-4-7-17)19-9-5-8-18(15-19)24(25,26)27/h2-15H,1H3/b21-14+. The second kappa shape index (κ2) is 8.10. The van der Waals surface area contributed by atoms with Gasteiger partial charge in [0.1, 0.15) is 17.3 Å². The first-order valence-corrected chi connectivity index (χ1v) is 9.38. The predicted molar refractivity (Wildman–Crippen MR) is 113 cm³/mol. The van der Waals surface area contributed by atoms with Gasteiger partial charge in [0.05, 0.1) is 18.4 Å². The number of amidine groups is 1. The highest BCUT2D eigenvalue weighted by Crippen LogP contribution is 2.34. The summed E-state index contributed by atoms with van der Waals surface area (Å²) in [5.74, 6) is 0.428. The summed E-state index contributed by atoms with van der Waals surface area (Å²) in [5.41, 5.74) is 0.720. The number of rotatable bonds is 4. The van der Waals surface area contributed by atoms with Gasteiger partial charge < -0.3 is 4.74 Å². The van der Waals surface area contributed by atoms with Crippen molar-refractivity contribution >= 4 is 23.5 Å². The van der Waals surface area contributed by atoms with Gasteiger partial charge in [-0.15, -0.1) is 0 Å². The molecule has 7 heteroatoms. The van der Waals surface area contributed by atoms with Crippen molar-refractivity contribution in [1.29, 1.82) is 0 Å². The first-order valence-electron chi connectivity index (χ1n) is 9.38. The second-order valence-electron chi connectivity index (χ2n) is 6.79. The number of hydrogen-bond acceptors (Lipinski definition) is 3. The molecule has 4 rings (SSSR count). The van der Waals surface area contributed by atoms with Gasteiger partial charge in [0.25, 0.3) is 5.91 Å². The number of amides is 1. The summed E-state index contributed by atoms with van der Waals surface area (Å²) in [4.78, 5) is 18.9. The van der Waals surface area contributed by atoms with Crippen LogP contribution in [0.5, 0.6) is 5.75 Å². The van der Waals surface area contributed by atoms with Gasteiger partial charge in [-0.1, -0.05) is 48.5 Å². The van der Waals surface area contributed by atoms with E-state index < -0.39 is 17.6 Å². The highest BCUT2D eigenvalue weighted by Gasteiger charge is 2.35. The van der Waals surface area contributed by atoms with Crippen LogP contribution in [-0.2, 0) is 11.0 Å². The summed E-state index contributed by atoms with van der Waals surface area (Å²) >= 11 is 0. The van der Waals surface area contributed by atoms with E-state index in [1.165, 1.54) is 17.0 Å². The SMILES string of the molecule is COc1ccc(/C=C2/N=C(c3ccccc3)N(c3cccc(C(F)(F)F)c3)C2=O)cc1. The van der Waals surface area contributed by atoms with Gasteiger partial charge >= 0.3 is 6.18 Å². The van der Waals surface area contributed by atoms with Crippen molar-refractivity contribution < 1.29 is 22.7 Å². The van der Waals surface area contributed by atoms with Gasteiger partial charge in [0.2, 0.25) is 0 Å². The Hall–Kier alpha value is -3.87. The molecule has 0 atom stereocenters. The summed E-state index contributed by atoms with van der Waals surface area (Å²) in [6.07, 6.45) is -2.93. The Morgan fingerprint density at radius 3 is 2.29 bits per heavy atom. The number of hydrogen-bond donors (Lipinski definition) is 0. The van der Waals surface area contributed by atoms with E-state index in [-0.39, 0.29) is 17.2 Å². The molecule has 0 spiro atoms. The fraction of sp³-hybridized carbons (Fsp3) is 0.0833. The molecule has 3 aromatic carbocycles. The van der Waals surface area contributed by atoms with Gasteiger partial charge in [0.15, 0.2) is 0 Å². The number of halogens is 3. The predicted octanol–water partition coefficient (Wildman–Crippen LogP) is 5.55. The number of carbonyl (C=O) groups is 1. The van der Waals surface area contributed by atoms with Crippen molar-refractivity contribution in [3.63, 3.8) is 0 Å². The number of methoxy groups -OCH3 is 1. The van der Waals surface area contributed by atoms with Crippen LogP contribution in [0.2, 0.25) is 0 Å². The molecule has 3 aromatic rings. The number of aliphatic imine (C=N–C) groups is 1. The molecule has 0 aliphatic carbocycles. The van der Waals surface area contributed by atoms with Crippen LogP contribution in [0.25, 0.3) is 6.08 Å². The van der Waals surface area contributed by atoms with E-state index >= 15 is 0 Å². The zero-order chi connectivity index (χ0) is 22.0. The third-order valence-electron chi connectivity index (χ3n) is 4.74. The minimum Gasteiger partial charge on any atom is -0.497 e. The molecule has 1 heterocycles. The largest absolute Gasteiger partial charge is 0.497 e. The molecule has 1 aliphatic rings. The number of alkyl halides is 3. The number of carbonyl (C=O) groups excluding carboxylic acids is 1. The van der Waals surface area contributed by atoms with E-state index in [0.29, 0.717) is 16.9 Å². The van der Waals surface area contributed by atoms with Crippen molar-refractivity contribution in [3.05, 3.63) is 101 Å². The summed E-state index contributed by atoms with van der Waals surface area (Å²) in [6.45, 7) is 0. The molecule has 0 aromatic heterocycles. The van der Waals surface area contributed by atoms with Crippen LogP contribution in [0.4, 0.5) is 18.9 Å². The highest BCUT2D eigenvalue weighted by atomic mass is 19.4. The van der Waals surface area contributed by atoms with Crippen LogP contribution in [0.15, 0.2) is 89.6 Å². The third-order valence-corrected chi connectivity index (χ3v) is 4.74. The van der Waals surface area contributed by atoms with Crippen molar-refractivity contribution in [2.75, 3.05) is 12.0 Å². The average molecular weight is 422 g/mol. The van der Waals surface area contributed by atoms with Crippen molar-refractivity contribution in [2.45, 2.75) is 6.18 Å². The van der Waals surface area contributed by atoms with E-state index in [4.69, 9.17) is 4.74 Å². The maximum Gasteiger partial charge on any atom is 0.416 e. The Morgan fingerprint density at radius 2 is 1.65 bits per heavy atom. The maximum absolute atomic E-state index is 13.2. The summed E-state index contributed by atoms with van der Waals surface area (Å²) < 4.78 is 44.9. The summed E-state index contributed by atoms with van der Waals surface area (Å²) in [5, 5.41) is 0. The number of anilines is 1. The fourth-order valence-corrected chi connectivity index (χ4v) is 3.22. The van der Waals surface area contributed by atoms with Gasteiger partial charge in [0, 0.05) is 5.56 Å². The lowest BCUT2D eigenvalue weighted by molar-refractivity contribution is -0.137. The highest BCUT2D eigenvalue weighted by molar-refractivity contribution is 6.33. The molecule has 0 bridgehead atoms. The average Bonchev–Trinajstić information content (AvgIpc) is 3.10. The lowest BCUT2D eigenvalue weighted by Crippen LogP contribution is -2.32. The van der Waals surface area contributed by atoms with Gasteiger partial charge in [-0.05, 0) is 42.0 Å². The molecule has 0 N–H and O–H groups in total.